The van der Waals surface area contributed by atoms with Crippen LogP contribution in [0.25, 0.3) is 10.2 Å². The molecule has 0 saturated carbocycles. The number of aryl methyl sites for hydroxylation is 3. The Morgan fingerprint density at radius 3 is 2.71 bits per heavy atom. The molecule has 0 spiro atoms. The number of nitrogens with zero attached hydrogens (tertiary/aromatic N) is 4. The Morgan fingerprint density at radius 1 is 1.25 bits per heavy atom. The van der Waals surface area contributed by atoms with E-state index in [-0.39, 0.29) is 18.0 Å². The van der Waals surface area contributed by atoms with Gasteiger partial charge in [-0.15, -0.1) is 21.5 Å². The zero-order valence-corrected chi connectivity index (χ0v) is 15.3. The van der Waals surface area contributed by atoms with Crippen LogP contribution in [0.4, 0.5) is 5.13 Å². The van der Waals surface area contributed by atoms with Crippen LogP contribution in [0.3, 0.4) is 0 Å². The maximum Gasteiger partial charge on any atom is 0.262 e. The molecular weight excluding hydrogens is 346 g/mol. The number of nitrogens with one attached hydrogen (secondary N) is 1. The monoisotopic (exact) mass is 363 g/mol. The lowest BCUT2D eigenvalue weighted by Gasteiger charge is -2.08. The molecule has 126 valence electrons. The summed E-state index contributed by atoms with van der Waals surface area (Å²) < 4.78 is 1.39. The van der Waals surface area contributed by atoms with Crippen molar-refractivity contribution in [1.82, 2.24) is 19.7 Å². The summed E-state index contributed by atoms with van der Waals surface area (Å²) in [6, 6.07) is 1.86. The maximum atomic E-state index is 12.6. The van der Waals surface area contributed by atoms with Crippen LogP contribution < -0.4 is 10.9 Å². The highest BCUT2D eigenvalue weighted by Gasteiger charge is 2.15. The smallest absolute Gasteiger partial charge is 0.262 e. The lowest BCUT2D eigenvalue weighted by molar-refractivity contribution is -0.116. The molecule has 0 unspecified atom stereocenters. The van der Waals surface area contributed by atoms with Crippen molar-refractivity contribution in [1.29, 1.82) is 0 Å². The van der Waals surface area contributed by atoms with Crippen molar-refractivity contribution in [3.05, 3.63) is 32.1 Å². The van der Waals surface area contributed by atoms with Gasteiger partial charge in [0.1, 0.15) is 22.2 Å². The summed E-state index contributed by atoms with van der Waals surface area (Å²) >= 11 is 2.85. The maximum absolute atomic E-state index is 12.6. The molecule has 0 saturated heterocycles. The second-order valence-corrected chi connectivity index (χ2v) is 7.42. The third-order valence-electron chi connectivity index (χ3n) is 3.56. The van der Waals surface area contributed by atoms with E-state index in [1.807, 2.05) is 19.9 Å². The number of fused-ring (bicyclic) bond motifs is 1. The Hall–Kier alpha value is -2.13. The van der Waals surface area contributed by atoms with Gasteiger partial charge in [0.25, 0.3) is 5.56 Å². The average Bonchev–Trinajstić information content (AvgIpc) is 3.17. The number of rotatable bonds is 5. The normalized spacial score (nSPS) is 11.1. The molecule has 0 aliphatic heterocycles. The first kappa shape index (κ1) is 16.7. The Morgan fingerprint density at radius 2 is 2.04 bits per heavy atom. The molecule has 0 aromatic carbocycles. The largest absolute Gasteiger partial charge is 0.299 e. The molecule has 9 heteroatoms. The highest BCUT2D eigenvalue weighted by atomic mass is 32.1. The SMILES string of the molecule is CCc1cc2c(=O)n(CC(=O)Nc3nnc(CC)s3)c(C)nc2s1. The van der Waals surface area contributed by atoms with Crippen LogP contribution in [0, 0.1) is 6.92 Å². The standard InChI is InChI=1S/C15H17N5O2S2/c1-4-9-6-10-13(23-9)16-8(3)20(14(10)22)7-11(21)17-15-19-18-12(5-2)24-15/h6H,4-5,7H2,1-3H3,(H,17,19,21). The molecule has 24 heavy (non-hydrogen) atoms. The summed E-state index contributed by atoms with van der Waals surface area (Å²) in [6.45, 7) is 5.66. The first-order chi connectivity index (χ1) is 11.5. The molecule has 0 aliphatic rings. The third-order valence-corrected chi connectivity index (χ3v) is 5.72. The third kappa shape index (κ3) is 3.22. The molecule has 0 atom stereocenters. The van der Waals surface area contributed by atoms with Gasteiger partial charge in [0.15, 0.2) is 0 Å². The number of anilines is 1. The number of carbonyl (C=O) groups is 1. The van der Waals surface area contributed by atoms with Crippen molar-refractivity contribution < 1.29 is 4.79 Å². The Bertz CT molecular complexity index is 957. The van der Waals surface area contributed by atoms with E-state index in [1.165, 1.54) is 27.2 Å². The summed E-state index contributed by atoms with van der Waals surface area (Å²) in [4.78, 5) is 31.2. The van der Waals surface area contributed by atoms with Crippen molar-refractivity contribution >= 4 is 43.9 Å². The van der Waals surface area contributed by atoms with Crippen LogP contribution in [-0.2, 0) is 24.2 Å². The second kappa shape index (κ2) is 6.78. The van der Waals surface area contributed by atoms with Crippen molar-refractivity contribution in [2.45, 2.75) is 40.2 Å². The van der Waals surface area contributed by atoms with Crippen LogP contribution >= 0.6 is 22.7 Å². The molecule has 0 radical (unpaired) electrons. The molecule has 3 aromatic rings. The number of thiophene rings is 1. The predicted octanol–water partition coefficient (Wildman–Crippen LogP) is 2.38. The second-order valence-electron chi connectivity index (χ2n) is 5.24. The zero-order valence-electron chi connectivity index (χ0n) is 13.6. The molecule has 3 rings (SSSR count). The predicted molar refractivity (Wildman–Crippen MR) is 95.9 cm³/mol. The molecule has 3 heterocycles. The first-order valence-electron chi connectivity index (χ1n) is 7.63. The topological polar surface area (TPSA) is 89.8 Å². The molecule has 1 N–H and O–H groups in total. The number of amides is 1. The van der Waals surface area contributed by atoms with E-state index in [2.05, 4.69) is 20.5 Å². The number of carbonyl (C=O) groups excluding carboxylic acids is 1. The van der Waals surface area contributed by atoms with Crippen molar-refractivity contribution in [3.63, 3.8) is 0 Å². The fraction of sp³-hybridized carbons (Fsp3) is 0.400. The first-order valence-corrected chi connectivity index (χ1v) is 9.27. The molecule has 0 fully saturated rings. The molecule has 7 nitrogen and oxygen atoms in total. The van der Waals surface area contributed by atoms with Gasteiger partial charge < -0.3 is 0 Å². The van der Waals surface area contributed by atoms with Gasteiger partial charge in [0, 0.05) is 4.88 Å². The van der Waals surface area contributed by atoms with Gasteiger partial charge in [-0.25, -0.2) is 4.98 Å². The van der Waals surface area contributed by atoms with Gasteiger partial charge in [-0.2, -0.15) is 0 Å². The number of aromatic nitrogens is 4. The number of hydrogen-bond acceptors (Lipinski definition) is 7. The van der Waals surface area contributed by atoms with Gasteiger partial charge in [0.2, 0.25) is 11.0 Å². The zero-order chi connectivity index (χ0) is 17.3. The molecule has 1 amide bonds. The fourth-order valence-corrected chi connectivity index (χ4v) is 3.98. The van der Waals surface area contributed by atoms with Gasteiger partial charge in [-0.3, -0.25) is 19.5 Å². The van der Waals surface area contributed by atoms with Crippen molar-refractivity contribution in [2.75, 3.05) is 5.32 Å². The Kier molecular flexibility index (Phi) is 4.72. The van der Waals surface area contributed by atoms with Crippen molar-refractivity contribution in [3.8, 4) is 0 Å². The van der Waals surface area contributed by atoms with E-state index >= 15 is 0 Å². The summed E-state index contributed by atoms with van der Waals surface area (Å²) in [5, 5.41) is 12.4. The van der Waals surface area contributed by atoms with Crippen molar-refractivity contribution in [2.24, 2.45) is 0 Å². The van der Waals surface area contributed by atoms with Crippen LogP contribution in [-0.4, -0.2) is 25.7 Å². The van der Waals surface area contributed by atoms with E-state index in [1.54, 1.807) is 6.92 Å². The minimum absolute atomic E-state index is 0.0913. The Balaban J connectivity index is 1.86. The molecule has 0 bridgehead atoms. The Labute approximate surface area is 146 Å². The van der Waals surface area contributed by atoms with Gasteiger partial charge in [-0.1, -0.05) is 25.2 Å². The van der Waals surface area contributed by atoms with Crippen LogP contribution in [0.15, 0.2) is 10.9 Å². The molecule has 0 aliphatic carbocycles. The lowest BCUT2D eigenvalue weighted by atomic mass is 10.3. The van der Waals surface area contributed by atoms with E-state index in [0.717, 1.165) is 27.6 Å². The van der Waals surface area contributed by atoms with Gasteiger partial charge in [0.05, 0.1) is 5.39 Å². The van der Waals surface area contributed by atoms with E-state index < -0.39 is 0 Å². The quantitative estimate of drug-likeness (QED) is 0.752. The van der Waals surface area contributed by atoms with Crippen LogP contribution in [0.2, 0.25) is 0 Å². The average molecular weight is 363 g/mol. The molecular formula is C15H17N5O2S2. The summed E-state index contributed by atoms with van der Waals surface area (Å²) in [6.07, 6.45) is 1.63. The van der Waals surface area contributed by atoms with E-state index in [4.69, 9.17) is 0 Å². The summed E-state index contributed by atoms with van der Waals surface area (Å²) in [7, 11) is 0. The minimum atomic E-state index is -0.314. The minimum Gasteiger partial charge on any atom is -0.299 e. The summed E-state index contributed by atoms with van der Waals surface area (Å²) in [5.74, 6) is 0.213. The van der Waals surface area contributed by atoms with Gasteiger partial charge >= 0.3 is 0 Å². The fourth-order valence-electron chi connectivity index (χ4n) is 2.28. The van der Waals surface area contributed by atoms with Crippen LogP contribution in [0.1, 0.15) is 29.6 Å². The number of hydrogen-bond donors (Lipinski definition) is 1. The highest BCUT2D eigenvalue weighted by Crippen LogP contribution is 2.22. The van der Waals surface area contributed by atoms with E-state index in [0.29, 0.717) is 16.3 Å². The van der Waals surface area contributed by atoms with Crippen LogP contribution in [0.5, 0.6) is 0 Å². The molecule has 3 aromatic heterocycles. The van der Waals surface area contributed by atoms with Gasteiger partial charge in [-0.05, 0) is 25.8 Å². The van der Waals surface area contributed by atoms with E-state index in [9.17, 15) is 9.59 Å². The highest BCUT2D eigenvalue weighted by molar-refractivity contribution is 7.18. The summed E-state index contributed by atoms with van der Waals surface area (Å²) in [5.41, 5.74) is -0.185. The lowest BCUT2D eigenvalue weighted by Crippen LogP contribution is -2.29.